The highest BCUT2D eigenvalue weighted by atomic mass is 35.5. The van der Waals surface area contributed by atoms with E-state index in [-0.39, 0.29) is 6.04 Å². The van der Waals surface area contributed by atoms with Crippen LogP contribution in [0.3, 0.4) is 0 Å². The second-order valence-electron chi connectivity index (χ2n) is 5.50. The van der Waals surface area contributed by atoms with Crippen LogP contribution < -0.4 is 0 Å². The minimum Gasteiger partial charge on any atom is -0.290 e. The number of thiol groups is 1. The summed E-state index contributed by atoms with van der Waals surface area (Å²) in [6, 6.07) is 16.5. The molecule has 0 radical (unpaired) electrons. The second kappa shape index (κ2) is 7.24. The van der Waals surface area contributed by atoms with Crippen LogP contribution in [0.25, 0.3) is 0 Å². The first-order valence-corrected chi connectivity index (χ1v) is 8.48. The van der Waals surface area contributed by atoms with E-state index in [2.05, 4.69) is 46.3 Å². The van der Waals surface area contributed by atoms with Crippen LogP contribution in [-0.2, 0) is 0 Å². The Morgan fingerprint density at radius 3 is 1.55 bits per heavy atom. The van der Waals surface area contributed by atoms with Gasteiger partial charge < -0.3 is 0 Å². The van der Waals surface area contributed by atoms with Crippen LogP contribution in [0.15, 0.2) is 48.5 Å². The Morgan fingerprint density at radius 2 is 1.14 bits per heavy atom. The summed E-state index contributed by atoms with van der Waals surface area (Å²) in [4.78, 5) is 2.49. The van der Waals surface area contributed by atoms with Gasteiger partial charge in [-0.1, -0.05) is 60.3 Å². The quantitative estimate of drug-likeness (QED) is 0.809. The van der Waals surface area contributed by atoms with E-state index in [0.29, 0.717) is 0 Å². The van der Waals surface area contributed by atoms with Crippen LogP contribution in [0.1, 0.15) is 17.2 Å². The summed E-state index contributed by atoms with van der Waals surface area (Å²) < 4.78 is 2.07. The lowest BCUT2D eigenvalue weighted by Gasteiger charge is -2.38. The first-order valence-electron chi connectivity index (χ1n) is 7.32. The average molecular weight is 353 g/mol. The molecule has 0 amide bonds. The van der Waals surface area contributed by atoms with Crippen molar-refractivity contribution in [3.8, 4) is 0 Å². The molecule has 1 heterocycles. The van der Waals surface area contributed by atoms with Gasteiger partial charge in [0.05, 0.1) is 6.04 Å². The van der Waals surface area contributed by atoms with Gasteiger partial charge in [0.1, 0.15) is 0 Å². The lowest BCUT2D eigenvalue weighted by Crippen LogP contribution is -2.44. The molecule has 1 fully saturated rings. The Balaban J connectivity index is 1.94. The fraction of sp³-hybridized carbons (Fsp3) is 0.294. The number of nitrogens with zero attached hydrogens (tertiary/aromatic N) is 2. The van der Waals surface area contributed by atoms with Crippen molar-refractivity contribution in [2.75, 3.05) is 26.2 Å². The monoisotopic (exact) mass is 352 g/mol. The van der Waals surface area contributed by atoms with Gasteiger partial charge in [0, 0.05) is 36.2 Å². The van der Waals surface area contributed by atoms with Gasteiger partial charge in [-0.15, -0.1) is 0 Å². The minimum atomic E-state index is 0.219. The van der Waals surface area contributed by atoms with Crippen LogP contribution in [-0.4, -0.2) is 35.4 Å². The summed E-state index contributed by atoms with van der Waals surface area (Å²) in [5.74, 6) is 0. The van der Waals surface area contributed by atoms with Gasteiger partial charge in [-0.25, -0.2) is 0 Å². The lowest BCUT2D eigenvalue weighted by atomic mass is 9.96. The van der Waals surface area contributed by atoms with Gasteiger partial charge in [-0.2, -0.15) is 0 Å². The van der Waals surface area contributed by atoms with Gasteiger partial charge in [0.25, 0.3) is 0 Å². The van der Waals surface area contributed by atoms with E-state index >= 15 is 0 Å². The van der Waals surface area contributed by atoms with Crippen LogP contribution in [0.5, 0.6) is 0 Å². The Bertz CT molecular complexity index is 562. The SMILES string of the molecule is SN1CCN(C(c2ccc(Cl)cc2)c2ccc(Cl)cc2)CC1. The van der Waals surface area contributed by atoms with Crippen molar-refractivity contribution in [1.29, 1.82) is 0 Å². The number of rotatable bonds is 3. The summed E-state index contributed by atoms with van der Waals surface area (Å²) in [6.07, 6.45) is 0. The number of hydrogen-bond acceptors (Lipinski definition) is 3. The molecule has 2 nitrogen and oxygen atoms in total. The Kier molecular flexibility index (Phi) is 5.32. The van der Waals surface area contributed by atoms with Gasteiger partial charge in [-0.05, 0) is 35.4 Å². The molecule has 0 aliphatic carbocycles. The fourth-order valence-corrected chi connectivity index (χ4v) is 3.30. The number of benzene rings is 2. The third-order valence-corrected chi connectivity index (χ3v) is 4.93. The van der Waals surface area contributed by atoms with Crippen molar-refractivity contribution in [2.45, 2.75) is 6.04 Å². The Morgan fingerprint density at radius 1 is 0.727 bits per heavy atom. The lowest BCUT2D eigenvalue weighted by molar-refractivity contribution is 0.163. The van der Waals surface area contributed by atoms with Crippen molar-refractivity contribution < 1.29 is 0 Å². The molecule has 1 aliphatic heterocycles. The first-order chi connectivity index (χ1) is 10.6. The maximum absolute atomic E-state index is 6.04. The molecule has 5 heteroatoms. The molecule has 116 valence electrons. The van der Waals surface area contributed by atoms with Gasteiger partial charge in [0.15, 0.2) is 0 Å². The molecular formula is C17H18Cl2N2S. The number of halogens is 2. The molecule has 0 saturated carbocycles. The maximum atomic E-state index is 6.04. The highest BCUT2D eigenvalue weighted by Gasteiger charge is 2.25. The summed E-state index contributed by atoms with van der Waals surface area (Å²) in [7, 11) is 0. The normalized spacial score (nSPS) is 17.1. The highest BCUT2D eigenvalue weighted by Crippen LogP contribution is 2.31. The zero-order valence-electron chi connectivity index (χ0n) is 12.1. The topological polar surface area (TPSA) is 6.48 Å². The zero-order chi connectivity index (χ0) is 15.5. The van der Waals surface area contributed by atoms with E-state index in [1.54, 1.807) is 0 Å². The molecule has 2 aromatic carbocycles. The van der Waals surface area contributed by atoms with E-state index in [0.717, 1.165) is 36.2 Å². The Hall–Kier alpha value is -0.710. The van der Waals surface area contributed by atoms with Crippen molar-refractivity contribution in [1.82, 2.24) is 9.21 Å². The van der Waals surface area contributed by atoms with E-state index in [4.69, 9.17) is 23.2 Å². The Labute approximate surface area is 147 Å². The van der Waals surface area contributed by atoms with Crippen LogP contribution in [0.2, 0.25) is 10.0 Å². The van der Waals surface area contributed by atoms with Crippen molar-refractivity contribution in [3.05, 3.63) is 69.7 Å². The van der Waals surface area contributed by atoms with Crippen LogP contribution in [0.4, 0.5) is 0 Å². The molecule has 1 aliphatic rings. The van der Waals surface area contributed by atoms with Gasteiger partial charge in [-0.3, -0.25) is 9.21 Å². The molecule has 0 N–H and O–H groups in total. The van der Waals surface area contributed by atoms with Crippen molar-refractivity contribution in [2.24, 2.45) is 0 Å². The third kappa shape index (κ3) is 3.79. The molecule has 3 rings (SSSR count). The van der Waals surface area contributed by atoms with Gasteiger partial charge >= 0.3 is 0 Å². The van der Waals surface area contributed by atoms with Crippen LogP contribution in [0, 0.1) is 0 Å². The summed E-state index contributed by atoms with van der Waals surface area (Å²) in [6.45, 7) is 3.89. The second-order valence-corrected chi connectivity index (χ2v) is 6.93. The summed E-state index contributed by atoms with van der Waals surface area (Å²) in [5.41, 5.74) is 2.50. The third-order valence-electron chi connectivity index (χ3n) is 4.03. The largest absolute Gasteiger partial charge is 0.290 e. The molecule has 0 bridgehead atoms. The molecule has 0 atom stereocenters. The summed E-state index contributed by atoms with van der Waals surface area (Å²) >= 11 is 16.5. The molecule has 0 unspecified atom stereocenters. The molecule has 0 spiro atoms. The summed E-state index contributed by atoms with van der Waals surface area (Å²) in [5, 5.41) is 1.53. The number of hydrogen-bond donors (Lipinski definition) is 1. The van der Waals surface area contributed by atoms with Crippen molar-refractivity contribution in [3.63, 3.8) is 0 Å². The number of piperazine rings is 1. The van der Waals surface area contributed by atoms with E-state index in [1.165, 1.54) is 11.1 Å². The zero-order valence-corrected chi connectivity index (χ0v) is 14.5. The average Bonchev–Trinajstić information content (AvgIpc) is 2.53. The fourth-order valence-electron chi connectivity index (χ4n) is 2.87. The van der Waals surface area contributed by atoms with E-state index < -0.39 is 0 Å². The smallest absolute Gasteiger partial charge is 0.0602 e. The van der Waals surface area contributed by atoms with E-state index in [9.17, 15) is 0 Å². The first kappa shape index (κ1) is 16.2. The van der Waals surface area contributed by atoms with Gasteiger partial charge in [0.2, 0.25) is 0 Å². The maximum Gasteiger partial charge on any atom is 0.0602 e. The molecule has 1 saturated heterocycles. The molecular weight excluding hydrogens is 335 g/mol. The molecule has 2 aromatic rings. The van der Waals surface area contributed by atoms with Crippen LogP contribution >= 0.6 is 36.0 Å². The van der Waals surface area contributed by atoms with Crippen molar-refractivity contribution >= 4 is 36.0 Å². The highest BCUT2D eigenvalue weighted by molar-refractivity contribution is 7.77. The standard InChI is InChI=1S/C17H18Cl2N2S/c18-15-5-1-13(2-6-15)17(14-3-7-16(19)8-4-14)20-9-11-21(22)12-10-20/h1-8,17,22H,9-12H2. The predicted octanol–water partition coefficient (Wildman–Crippen LogP) is 4.55. The predicted molar refractivity (Wildman–Crippen MR) is 96.9 cm³/mol. The minimum absolute atomic E-state index is 0.219. The molecule has 0 aromatic heterocycles. The van der Waals surface area contributed by atoms with E-state index in [1.807, 2.05) is 24.3 Å². The molecule has 22 heavy (non-hydrogen) atoms.